The third kappa shape index (κ3) is 4.45. The fourth-order valence-electron chi connectivity index (χ4n) is 4.40. The van der Waals surface area contributed by atoms with Crippen molar-refractivity contribution < 1.29 is 14.6 Å². The Morgan fingerprint density at radius 2 is 1.70 bits per heavy atom. The van der Waals surface area contributed by atoms with Crippen molar-refractivity contribution in [3.63, 3.8) is 0 Å². The Morgan fingerprint density at radius 1 is 1.07 bits per heavy atom. The van der Waals surface area contributed by atoms with E-state index in [9.17, 15) is 9.90 Å². The normalized spacial score (nSPS) is 22.9. The molecule has 2 aliphatic heterocycles. The summed E-state index contributed by atoms with van der Waals surface area (Å²) in [5, 5.41) is 9.99. The van der Waals surface area contributed by atoms with Crippen LogP contribution < -0.4 is 4.74 Å². The van der Waals surface area contributed by atoms with Crippen molar-refractivity contribution in [3.05, 3.63) is 29.8 Å². The predicted molar refractivity (Wildman–Crippen MR) is 106 cm³/mol. The number of hydrogen-bond acceptors (Lipinski definition) is 5. The highest BCUT2D eigenvalue weighted by Gasteiger charge is 2.44. The highest BCUT2D eigenvalue weighted by atomic mass is 16.5. The van der Waals surface area contributed by atoms with Gasteiger partial charge in [-0.1, -0.05) is 12.1 Å². The molecule has 1 N–H and O–H groups in total. The number of carbonyl (C=O) groups is 1. The third-order valence-corrected chi connectivity index (χ3v) is 6.11. The van der Waals surface area contributed by atoms with Crippen molar-refractivity contribution in [3.8, 4) is 5.75 Å². The molecule has 1 atom stereocenters. The third-order valence-electron chi connectivity index (χ3n) is 6.11. The van der Waals surface area contributed by atoms with Gasteiger partial charge >= 0.3 is 5.97 Å². The smallest absolute Gasteiger partial charge is 0.325 e. The number of nitrogens with zero attached hydrogens (tertiary/aromatic N) is 3. The fourth-order valence-corrected chi connectivity index (χ4v) is 4.40. The summed E-state index contributed by atoms with van der Waals surface area (Å²) in [5.74, 6) is 0.00297. The molecule has 2 saturated heterocycles. The van der Waals surface area contributed by atoms with Gasteiger partial charge in [0.1, 0.15) is 11.8 Å². The second kappa shape index (κ2) is 8.17. The van der Waals surface area contributed by atoms with Crippen LogP contribution in [-0.2, 0) is 4.79 Å². The quantitative estimate of drug-likeness (QED) is 0.852. The van der Waals surface area contributed by atoms with Gasteiger partial charge in [0.15, 0.2) is 0 Å². The van der Waals surface area contributed by atoms with Crippen molar-refractivity contribution in [2.24, 2.45) is 0 Å². The number of piperazine rings is 1. The molecule has 0 amide bonds. The Labute approximate surface area is 162 Å². The maximum absolute atomic E-state index is 12.2. The molecule has 2 fully saturated rings. The Balaban J connectivity index is 1.79. The number of carboxylic acids is 1. The second-order valence-corrected chi connectivity index (χ2v) is 8.40. The molecule has 1 aromatic rings. The first kappa shape index (κ1) is 20.1. The van der Waals surface area contributed by atoms with Gasteiger partial charge in [0, 0.05) is 25.2 Å². The van der Waals surface area contributed by atoms with E-state index in [4.69, 9.17) is 4.74 Å². The van der Waals surface area contributed by atoms with Gasteiger partial charge in [-0.3, -0.25) is 14.6 Å². The standard InChI is InChI=1S/C21H33N3O3/c1-16(2)27-18-7-5-17(6-8-18)19(20(25)26)24-14-13-23(4)21(15-24)9-11-22(3)12-10-21/h5-8,16,19H,9-15H2,1-4H3,(H,25,26). The summed E-state index contributed by atoms with van der Waals surface area (Å²) in [6, 6.07) is 6.95. The summed E-state index contributed by atoms with van der Waals surface area (Å²) in [7, 11) is 4.35. The number of carboxylic acid groups (broad SMARTS) is 1. The van der Waals surface area contributed by atoms with Crippen LogP contribution in [0.5, 0.6) is 5.75 Å². The minimum Gasteiger partial charge on any atom is -0.491 e. The van der Waals surface area contributed by atoms with Crippen molar-refractivity contribution in [2.45, 2.75) is 44.4 Å². The Hall–Kier alpha value is -1.63. The van der Waals surface area contributed by atoms with Crippen LogP contribution in [0.1, 0.15) is 38.3 Å². The lowest BCUT2D eigenvalue weighted by molar-refractivity contribution is -0.146. The molecular formula is C21H33N3O3. The van der Waals surface area contributed by atoms with E-state index in [1.165, 1.54) is 0 Å². The molecular weight excluding hydrogens is 342 g/mol. The average Bonchev–Trinajstić information content (AvgIpc) is 2.61. The first-order valence-corrected chi connectivity index (χ1v) is 9.94. The van der Waals surface area contributed by atoms with Crippen LogP contribution in [0.4, 0.5) is 0 Å². The first-order chi connectivity index (χ1) is 12.8. The van der Waals surface area contributed by atoms with E-state index < -0.39 is 12.0 Å². The molecule has 0 radical (unpaired) electrons. The van der Waals surface area contributed by atoms with E-state index in [0.29, 0.717) is 0 Å². The molecule has 0 saturated carbocycles. The first-order valence-electron chi connectivity index (χ1n) is 9.94. The predicted octanol–water partition coefficient (Wildman–Crippen LogP) is 2.31. The summed E-state index contributed by atoms with van der Waals surface area (Å²) in [6.07, 6.45) is 2.28. The molecule has 1 spiro atoms. The van der Waals surface area contributed by atoms with Gasteiger partial charge in [-0.25, -0.2) is 0 Å². The Bertz CT molecular complexity index is 639. The molecule has 6 nitrogen and oxygen atoms in total. The van der Waals surface area contributed by atoms with E-state index in [-0.39, 0.29) is 11.6 Å². The SMILES string of the molecule is CC(C)Oc1ccc(C(C(=O)O)N2CCN(C)C3(CCN(C)CC3)C2)cc1. The Morgan fingerprint density at radius 3 is 2.26 bits per heavy atom. The van der Waals surface area contributed by atoms with Crippen molar-refractivity contribution in [1.29, 1.82) is 0 Å². The van der Waals surface area contributed by atoms with Crippen LogP contribution in [0.3, 0.4) is 0 Å². The zero-order valence-corrected chi connectivity index (χ0v) is 17.0. The van der Waals surface area contributed by atoms with E-state index in [2.05, 4.69) is 28.8 Å². The number of likely N-dealkylation sites (tertiary alicyclic amines) is 1. The highest BCUT2D eigenvalue weighted by molar-refractivity contribution is 5.75. The molecule has 1 aromatic carbocycles. The summed E-state index contributed by atoms with van der Waals surface area (Å²) in [5.41, 5.74) is 0.908. The lowest BCUT2D eigenvalue weighted by atomic mass is 9.83. The van der Waals surface area contributed by atoms with E-state index in [0.717, 1.165) is 56.9 Å². The average molecular weight is 376 g/mol. The molecule has 150 valence electrons. The van der Waals surface area contributed by atoms with Gasteiger partial charge in [-0.05, 0) is 71.6 Å². The lowest BCUT2D eigenvalue weighted by Crippen LogP contribution is -2.64. The van der Waals surface area contributed by atoms with Crippen LogP contribution in [0.2, 0.25) is 0 Å². The minimum absolute atomic E-state index is 0.0825. The van der Waals surface area contributed by atoms with E-state index in [1.54, 1.807) is 0 Å². The zero-order valence-electron chi connectivity index (χ0n) is 17.0. The molecule has 1 unspecified atom stereocenters. The number of benzene rings is 1. The van der Waals surface area contributed by atoms with Crippen LogP contribution in [-0.4, -0.2) is 84.2 Å². The molecule has 0 aromatic heterocycles. The molecule has 2 heterocycles. The number of likely N-dealkylation sites (N-methyl/N-ethyl adjacent to an activating group) is 1. The van der Waals surface area contributed by atoms with Crippen molar-refractivity contribution in [2.75, 3.05) is 46.8 Å². The van der Waals surface area contributed by atoms with Crippen molar-refractivity contribution in [1.82, 2.24) is 14.7 Å². The van der Waals surface area contributed by atoms with Crippen LogP contribution >= 0.6 is 0 Å². The minimum atomic E-state index is -0.778. The monoisotopic (exact) mass is 375 g/mol. The number of aliphatic carboxylic acids is 1. The van der Waals surface area contributed by atoms with E-state index >= 15 is 0 Å². The number of rotatable bonds is 5. The molecule has 0 aliphatic carbocycles. The molecule has 6 heteroatoms. The number of ether oxygens (including phenoxy) is 1. The topological polar surface area (TPSA) is 56.3 Å². The summed E-state index contributed by atoms with van der Waals surface area (Å²) >= 11 is 0. The number of hydrogen-bond donors (Lipinski definition) is 1. The summed E-state index contributed by atoms with van der Waals surface area (Å²) in [4.78, 5) is 19.1. The second-order valence-electron chi connectivity index (χ2n) is 8.40. The largest absolute Gasteiger partial charge is 0.491 e. The molecule has 3 rings (SSSR count). The Kier molecular flexibility index (Phi) is 6.08. The summed E-state index contributed by atoms with van der Waals surface area (Å²) < 4.78 is 5.70. The van der Waals surface area contributed by atoms with Crippen LogP contribution in [0.25, 0.3) is 0 Å². The van der Waals surface area contributed by atoms with Gasteiger partial charge in [0.05, 0.1) is 6.10 Å². The highest BCUT2D eigenvalue weighted by Crippen LogP contribution is 2.35. The van der Waals surface area contributed by atoms with Gasteiger partial charge < -0.3 is 14.7 Å². The van der Waals surface area contributed by atoms with Gasteiger partial charge in [0.2, 0.25) is 0 Å². The fraction of sp³-hybridized carbons (Fsp3) is 0.667. The van der Waals surface area contributed by atoms with Gasteiger partial charge in [-0.15, -0.1) is 0 Å². The summed E-state index contributed by atoms with van der Waals surface area (Å²) in [6.45, 7) is 8.59. The maximum atomic E-state index is 12.2. The molecule has 2 aliphatic rings. The number of piperidine rings is 1. The van der Waals surface area contributed by atoms with Crippen molar-refractivity contribution >= 4 is 5.97 Å². The zero-order chi connectivity index (χ0) is 19.6. The van der Waals surface area contributed by atoms with Crippen LogP contribution in [0.15, 0.2) is 24.3 Å². The van der Waals surface area contributed by atoms with Crippen LogP contribution in [0, 0.1) is 0 Å². The van der Waals surface area contributed by atoms with Gasteiger partial charge in [0.25, 0.3) is 0 Å². The molecule has 27 heavy (non-hydrogen) atoms. The van der Waals surface area contributed by atoms with E-state index in [1.807, 2.05) is 38.1 Å². The van der Waals surface area contributed by atoms with Gasteiger partial charge in [-0.2, -0.15) is 0 Å². The molecule has 0 bridgehead atoms. The maximum Gasteiger partial charge on any atom is 0.325 e. The lowest BCUT2D eigenvalue weighted by Gasteiger charge is -2.53.